The van der Waals surface area contributed by atoms with Crippen LogP contribution in [0.5, 0.6) is 0 Å². The van der Waals surface area contributed by atoms with Crippen LogP contribution in [0.3, 0.4) is 0 Å². The van der Waals surface area contributed by atoms with Crippen LogP contribution in [0.4, 0.5) is 10.1 Å². The van der Waals surface area contributed by atoms with Crippen LogP contribution in [0.25, 0.3) is 0 Å². The van der Waals surface area contributed by atoms with Crippen molar-refractivity contribution in [2.24, 2.45) is 10.9 Å². The molecule has 0 radical (unpaired) electrons. The van der Waals surface area contributed by atoms with Gasteiger partial charge in [-0.2, -0.15) is 9.65 Å². The number of nitrogens with zero attached hydrogens (tertiary/aromatic N) is 4. The van der Waals surface area contributed by atoms with Crippen molar-refractivity contribution >= 4 is 28.9 Å². The van der Waals surface area contributed by atoms with Crippen LogP contribution in [0.15, 0.2) is 40.8 Å². The zero-order chi connectivity index (χ0) is 21.2. The summed E-state index contributed by atoms with van der Waals surface area (Å²) >= 11 is 1.50. The molecule has 158 valence electrons. The Morgan fingerprint density at radius 3 is 3.07 bits per heavy atom. The molecule has 1 saturated heterocycles. The second-order valence-corrected chi connectivity index (χ2v) is 8.16. The number of nitrogens with one attached hydrogen (secondary N) is 2. The topological polar surface area (TPSA) is 93.4 Å². The smallest absolute Gasteiger partial charge is 0.263 e. The van der Waals surface area contributed by atoms with Crippen LogP contribution in [0, 0.1) is 23.3 Å². The summed E-state index contributed by atoms with van der Waals surface area (Å²) in [6.07, 6.45) is 8.35. The Morgan fingerprint density at radius 1 is 1.40 bits per heavy atom. The van der Waals surface area contributed by atoms with Crippen molar-refractivity contribution in [3.63, 3.8) is 0 Å². The zero-order valence-corrected chi connectivity index (χ0v) is 17.5. The zero-order valence-electron chi connectivity index (χ0n) is 16.7. The van der Waals surface area contributed by atoms with E-state index in [2.05, 4.69) is 20.6 Å². The Balaban J connectivity index is 1.31. The predicted molar refractivity (Wildman–Crippen MR) is 116 cm³/mol. The number of anilines is 1. The van der Waals surface area contributed by atoms with E-state index in [1.54, 1.807) is 12.3 Å². The molecule has 1 atom stereocenters. The number of rotatable bonds is 8. The molecule has 1 amide bonds. The van der Waals surface area contributed by atoms with Crippen LogP contribution >= 0.6 is 11.3 Å². The highest BCUT2D eigenvalue weighted by molar-refractivity contribution is 7.12. The number of aromatic nitrogens is 1. The van der Waals surface area contributed by atoms with E-state index in [9.17, 15) is 9.18 Å². The molecule has 1 fully saturated rings. The SMILES string of the molecule is N#CN=C(NCCCCCC1CCN(C(=O)c2cccs2)C1)Nc1ccnc(F)c1. The van der Waals surface area contributed by atoms with Crippen molar-refractivity contribution in [3.05, 3.63) is 46.7 Å². The van der Waals surface area contributed by atoms with Gasteiger partial charge in [-0.3, -0.25) is 4.79 Å². The lowest BCUT2D eigenvalue weighted by molar-refractivity contribution is 0.0791. The summed E-state index contributed by atoms with van der Waals surface area (Å²) in [6.45, 7) is 2.35. The normalized spacial score (nSPS) is 16.3. The molecular formula is C21H25FN6OS. The van der Waals surface area contributed by atoms with Crippen LogP contribution in [0.2, 0.25) is 0 Å². The van der Waals surface area contributed by atoms with Gasteiger partial charge in [0.2, 0.25) is 18.1 Å². The lowest BCUT2D eigenvalue weighted by atomic mass is 10.0. The van der Waals surface area contributed by atoms with Gasteiger partial charge in [0, 0.05) is 37.6 Å². The number of hydrogen-bond acceptors (Lipinski definition) is 5. The number of hydrogen-bond donors (Lipinski definition) is 2. The standard InChI is InChI=1S/C21H25FN6OS/c22-19-13-17(7-10-24-19)27-21(26-15-23)25-9-3-1-2-5-16-8-11-28(14-16)20(29)18-6-4-12-30-18/h4,6-7,10,12-13,16H,1-3,5,8-9,11,14H2,(H2,24,25,26,27). The first-order chi connectivity index (χ1) is 14.7. The average Bonchev–Trinajstić information content (AvgIpc) is 3.42. The number of likely N-dealkylation sites (tertiary alicyclic amines) is 1. The first kappa shape index (κ1) is 21.7. The van der Waals surface area contributed by atoms with Crippen molar-refractivity contribution in [1.29, 1.82) is 5.26 Å². The maximum Gasteiger partial charge on any atom is 0.263 e. The second kappa shape index (κ2) is 11.3. The van der Waals surface area contributed by atoms with Crippen LogP contribution in [-0.4, -0.2) is 41.4 Å². The summed E-state index contributed by atoms with van der Waals surface area (Å²) in [4.78, 5) is 22.4. The number of pyridine rings is 1. The quantitative estimate of drug-likeness (QED) is 0.219. The maximum atomic E-state index is 13.2. The second-order valence-electron chi connectivity index (χ2n) is 7.21. The molecule has 2 N–H and O–H groups in total. The molecule has 0 aliphatic carbocycles. The molecule has 1 aliphatic rings. The summed E-state index contributed by atoms with van der Waals surface area (Å²) in [5, 5.41) is 16.7. The van der Waals surface area contributed by atoms with Gasteiger partial charge in [0.25, 0.3) is 5.91 Å². The molecule has 0 saturated carbocycles. The third kappa shape index (κ3) is 6.52. The monoisotopic (exact) mass is 428 g/mol. The number of unbranched alkanes of at least 4 members (excludes halogenated alkanes) is 2. The fraction of sp³-hybridized carbons (Fsp3) is 0.429. The summed E-state index contributed by atoms with van der Waals surface area (Å²) in [5.41, 5.74) is 0.479. The Labute approximate surface area is 179 Å². The molecule has 0 aromatic carbocycles. The largest absolute Gasteiger partial charge is 0.355 e. The van der Waals surface area contributed by atoms with Gasteiger partial charge in [-0.05, 0) is 42.7 Å². The fourth-order valence-corrected chi connectivity index (χ4v) is 4.22. The molecule has 2 aromatic rings. The molecule has 7 nitrogen and oxygen atoms in total. The summed E-state index contributed by atoms with van der Waals surface area (Å²) < 4.78 is 13.2. The van der Waals surface area contributed by atoms with E-state index in [1.807, 2.05) is 22.4 Å². The van der Waals surface area contributed by atoms with Crippen molar-refractivity contribution in [2.75, 3.05) is 25.0 Å². The molecule has 0 spiro atoms. The highest BCUT2D eigenvalue weighted by atomic mass is 32.1. The number of guanidine groups is 1. The summed E-state index contributed by atoms with van der Waals surface area (Å²) in [5.74, 6) is 0.420. The Hall–Kier alpha value is -2.99. The van der Waals surface area contributed by atoms with Gasteiger partial charge in [0.15, 0.2) is 0 Å². The van der Waals surface area contributed by atoms with Gasteiger partial charge in [0.05, 0.1) is 4.88 Å². The number of carbonyl (C=O) groups excluding carboxylic acids is 1. The fourth-order valence-electron chi connectivity index (χ4n) is 3.53. The molecule has 1 aliphatic heterocycles. The summed E-state index contributed by atoms with van der Waals surface area (Å²) in [7, 11) is 0. The molecular weight excluding hydrogens is 403 g/mol. The molecule has 2 aromatic heterocycles. The van der Waals surface area contributed by atoms with Gasteiger partial charge < -0.3 is 15.5 Å². The van der Waals surface area contributed by atoms with E-state index in [0.717, 1.165) is 50.1 Å². The van der Waals surface area contributed by atoms with E-state index in [1.165, 1.54) is 23.6 Å². The molecule has 3 heterocycles. The number of thiophene rings is 1. The van der Waals surface area contributed by atoms with Crippen LogP contribution < -0.4 is 10.6 Å². The lowest BCUT2D eigenvalue weighted by Crippen LogP contribution is -2.31. The van der Waals surface area contributed by atoms with E-state index in [0.29, 0.717) is 24.1 Å². The number of halogens is 1. The van der Waals surface area contributed by atoms with Crippen molar-refractivity contribution in [1.82, 2.24) is 15.2 Å². The average molecular weight is 429 g/mol. The third-order valence-corrected chi connectivity index (χ3v) is 5.90. The highest BCUT2D eigenvalue weighted by Crippen LogP contribution is 2.24. The molecule has 0 bridgehead atoms. The van der Waals surface area contributed by atoms with Gasteiger partial charge >= 0.3 is 0 Å². The Kier molecular flexibility index (Phi) is 8.15. The molecule has 1 unspecified atom stereocenters. The number of aliphatic imine (C=N–C) groups is 1. The van der Waals surface area contributed by atoms with Gasteiger partial charge in [-0.1, -0.05) is 18.9 Å². The molecule has 30 heavy (non-hydrogen) atoms. The van der Waals surface area contributed by atoms with Crippen molar-refractivity contribution < 1.29 is 9.18 Å². The van der Waals surface area contributed by atoms with Gasteiger partial charge in [0.1, 0.15) is 0 Å². The van der Waals surface area contributed by atoms with Crippen molar-refractivity contribution in [3.8, 4) is 6.19 Å². The maximum absolute atomic E-state index is 13.2. The third-order valence-electron chi connectivity index (χ3n) is 5.04. The lowest BCUT2D eigenvalue weighted by Gasteiger charge is -2.15. The van der Waals surface area contributed by atoms with Gasteiger partial charge in [-0.15, -0.1) is 16.3 Å². The Morgan fingerprint density at radius 2 is 2.30 bits per heavy atom. The minimum atomic E-state index is -0.598. The Bertz CT molecular complexity index is 895. The number of carbonyl (C=O) groups is 1. The minimum absolute atomic E-state index is 0.155. The number of nitriles is 1. The van der Waals surface area contributed by atoms with E-state index >= 15 is 0 Å². The van der Waals surface area contributed by atoms with Crippen LogP contribution in [-0.2, 0) is 0 Å². The summed E-state index contributed by atoms with van der Waals surface area (Å²) in [6, 6.07) is 6.64. The molecule has 3 rings (SSSR count). The predicted octanol–water partition coefficient (Wildman–Crippen LogP) is 3.84. The first-order valence-corrected chi connectivity index (χ1v) is 11.0. The first-order valence-electron chi connectivity index (χ1n) is 10.1. The van der Waals surface area contributed by atoms with E-state index in [4.69, 9.17) is 5.26 Å². The van der Waals surface area contributed by atoms with Crippen LogP contribution in [0.1, 0.15) is 41.8 Å². The highest BCUT2D eigenvalue weighted by Gasteiger charge is 2.26. The number of amides is 1. The van der Waals surface area contributed by atoms with E-state index in [-0.39, 0.29) is 5.91 Å². The minimum Gasteiger partial charge on any atom is -0.355 e. The van der Waals surface area contributed by atoms with Gasteiger partial charge in [-0.25, -0.2) is 4.98 Å². The van der Waals surface area contributed by atoms with Crippen molar-refractivity contribution in [2.45, 2.75) is 32.1 Å². The van der Waals surface area contributed by atoms with E-state index < -0.39 is 5.95 Å². The molecule has 9 heteroatoms.